The maximum atomic E-state index is 13.9. The van der Waals surface area contributed by atoms with E-state index in [-0.39, 0.29) is 23.1 Å². The van der Waals surface area contributed by atoms with Crippen LogP contribution in [-0.2, 0) is 27.9 Å². The molecule has 286 valence electrons. The highest BCUT2D eigenvalue weighted by molar-refractivity contribution is 7.89. The molecule has 4 aromatic carbocycles. The van der Waals surface area contributed by atoms with Gasteiger partial charge in [-0.2, -0.15) is 4.98 Å². The summed E-state index contributed by atoms with van der Waals surface area (Å²) in [5.74, 6) is 1.10. The Balaban J connectivity index is 1.35. The summed E-state index contributed by atoms with van der Waals surface area (Å²) in [5.41, 5.74) is 4.43. The third-order valence-electron chi connectivity index (χ3n) is 8.81. The number of nitrogens with zero attached hydrogens (tertiary/aromatic N) is 5. The van der Waals surface area contributed by atoms with Crippen LogP contribution in [0.1, 0.15) is 23.6 Å². The van der Waals surface area contributed by atoms with Crippen molar-refractivity contribution in [2.24, 2.45) is 5.14 Å². The van der Waals surface area contributed by atoms with Crippen LogP contribution in [0.4, 0.5) is 38.4 Å². The minimum atomic E-state index is -4.14. The highest BCUT2D eigenvalue weighted by Gasteiger charge is 2.26. The number of nitrogens with two attached hydrogens (primary N) is 1. The van der Waals surface area contributed by atoms with Crippen molar-refractivity contribution >= 4 is 63.3 Å². The molecule has 0 aliphatic carbocycles. The fourth-order valence-corrected chi connectivity index (χ4v) is 6.28. The van der Waals surface area contributed by atoms with E-state index in [4.69, 9.17) is 14.6 Å². The zero-order chi connectivity index (χ0) is 39.9. The number of anilines is 5. The van der Waals surface area contributed by atoms with Crippen molar-refractivity contribution in [1.82, 2.24) is 20.2 Å². The average Bonchev–Trinajstić information content (AvgIpc) is 3.16. The number of rotatable bonds is 12. The number of urea groups is 1. The minimum absolute atomic E-state index is 0.0676. The monoisotopic (exact) mass is 764 g/mol. The van der Waals surface area contributed by atoms with Gasteiger partial charge in [0.25, 0.3) is 0 Å². The van der Waals surface area contributed by atoms with Gasteiger partial charge in [-0.1, -0.05) is 43.0 Å². The SMILES string of the molecule is C=c1cc(N(C)c2ccnc(N(C(=O)OCc3ccc(NC(=O)NCc4ccc(OC)cc4)cc3)c3ccc(C)c(S(N)(=O)=O)c3)n2)cc/c1=C(\C)N(C)C. The Kier molecular flexibility index (Phi) is 12.4. The summed E-state index contributed by atoms with van der Waals surface area (Å²) in [7, 11) is 3.21. The fraction of sp³-hybridized carbons (Fsp3) is 0.200. The summed E-state index contributed by atoms with van der Waals surface area (Å²) in [6.07, 6.45) is 0.620. The van der Waals surface area contributed by atoms with E-state index in [1.54, 1.807) is 50.4 Å². The molecule has 0 atom stereocenters. The molecule has 5 rings (SSSR count). The molecule has 0 spiro atoms. The van der Waals surface area contributed by atoms with Crippen molar-refractivity contribution in [1.29, 1.82) is 0 Å². The Hall–Kier alpha value is -6.45. The highest BCUT2D eigenvalue weighted by atomic mass is 32.2. The van der Waals surface area contributed by atoms with Gasteiger partial charge in [-0.25, -0.2) is 33.0 Å². The second-order valence-corrected chi connectivity index (χ2v) is 14.4. The van der Waals surface area contributed by atoms with Gasteiger partial charge in [-0.3, -0.25) is 0 Å². The van der Waals surface area contributed by atoms with Crippen molar-refractivity contribution in [2.75, 3.05) is 43.4 Å². The summed E-state index contributed by atoms with van der Waals surface area (Å²) in [6, 6.07) is 25.6. The molecule has 0 bridgehead atoms. The number of aromatic nitrogens is 2. The first-order valence-corrected chi connectivity index (χ1v) is 18.6. The zero-order valence-electron chi connectivity index (χ0n) is 31.5. The van der Waals surface area contributed by atoms with Gasteiger partial charge >= 0.3 is 12.1 Å². The number of carbonyl (C=O) groups is 2. The second kappa shape index (κ2) is 17.1. The van der Waals surface area contributed by atoms with Crippen molar-refractivity contribution in [3.05, 3.63) is 124 Å². The van der Waals surface area contributed by atoms with E-state index in [0.29, 0.717) is 29.2 Å². The first-order valence-electron chi connectivity index (χ1n) is 17.1. The lowest BCUT2D eigenvalue weighted by atomic mass is 10.2. The summed E-state index contributed by atoms with van der Waals surface area (Å²) in [5, 5.41) is 12.9. The number of sulfonamides is 1. The Morgan fingerprint density at radius 2 is 1.56 bits per heavy atom. The third-order valence-corrected chi connectivity index (χ3v) is 9.87. The van der Waals surface area contributed by atoms with Crippen LogP contribution in [0.25, 0.3) is 12.3 Å². The second-order valence-electron chi connectivity index (χ2n) is 12.8. The molecule has 0 radical (unpaired) electrons. The summed E-state index contributed by atoms with van der Waals surface area (Å²) in [6.45, 7) is 8.01. The fourth-order valence-electron chi connectivity index (χ4n) is 5.48. The molecule has 14 nitrogen and oxygen atoms in total. The van der Waals surface area contributed by atoms with Crippen LogP contribution >= 0.6 is 0 Å². The molecule has 0 fully saturated rings. The summed E-state index contributed by atoms with van der Waals surface area (Å²) < 4.78 is 35.8. The maximum absolute atomic E-state index is 13.9. The summed E-state index contributed by atoms with van der Waals surface area (Å²) in [4.78, 5) is 40.2. The summed E-state index contributed by atoms with van der Waals surface area (Å²) >= 11 is 0. The van der Waals surface area contributed by atoms with Gasteiger partial charge in [0.15, 0.2) is 0 Å². The van der Waals surface area contributed by atoms with Crippen molar-refractivity contribution in [3.8, 4) is 5.75 Å². The van der Waals surface area contributed by atoms with E-state index in [0.717, 1.165) is 38.0 Å². The van der Waals surface area contributed by atoms with Crippen LogP contribution < -0.4 is 40.7 Å². The van der Waals surface area contributed by atoms with Crippen molar-refractivity contribution < 1.29 is 27.5 Å². The number of primary sulfonamides is 1. The number of aryl methyl sites for hydroxylation is 1. The quantitative estimate of drug-likeness (QED) is 0.155. The van der Waals surface area contributed by atoms with E-state index in [1.807, 2.05) is 80.3 Å². The van der Waals surface area contributed by atoms with Crippen LogP contribution in [0.2, 0.25) is 0 Å². The number of carbonyl (C=O) groups excluding carboxylic acids is 2. The normalized spacial score (nSPS) is 11.6. The molecule has 3 amide bonds. The maximum Gasteiger partial charge on any atom is 0.421 e. The average molecular weight is 765 g/mol. The number of benzene rings is 4. The lowest BCUT2D eigenvalue weighted by molar-refractivity contribution is 0.149. The lowest BCUT2D eigenvalue weighted by Gasteiger charge is -2.24. The van der Waals surface area contributed by atoms with Crippen LogP contribution in [0.15, 0.2) is 102 Å². The predicted octanol–water partition coefficient (Wildman–Crippen LogP) is 5.11. The zero-order valence-corrected chi connectivity index (χ0v) is 32.3. The Bertz CT molecular complexity index is 2410. The molecule has 0 saturated carbocycles. The van der Waals surface area contributed by atoms with Gasteiger partial charge in [-0.05, 0) is 90.4 Å². The van der Waals surface area contributed by atoms with Gasteiger partial charge in [0.05, 0.1) is 17.7 Å². The minimum Gasteiger partial charge on any atom is -0.497 e. The number of nitrogens with one attached hydrogen (secondary N) is 2. The van der Waals surface area contributed by atoms with Crippen LogP contribution in [-0.4, -0.2) is 63.7 Å². The number of methoxy groups -OCH3 is 1. The highest BCUT2D eigenvalue weighted by Crippen LogP contribution is 2.30. The molecule has 0 saturated heterocycles. The van der Waals surface area contributed by atoms with E-state index in [2.05, 4.69) is 27.2 Å². The molecule has 1 heterocycles. The van der Waals surface area contributed by atoms with E-state index < -0.39 is 22.1 Å². The van der Waals surface area contributed by atoms with Crippen LogP contribution in [0, 0.1) is 6.92 Å². The Morgan fingerprint density at radius 3 is 2.20 bits per heavy atom. The van der Waals surface area contributed by atoms with Gasteiger partial charge < -0.3 is 29.9 Å². The Morgan fingerprint density at radius 1 is 0.891 bits per heavy atom. The molecular formula is C40H44N8O6S. The van der Waals surface area contributed by atoms with Crippen molar-refractivity contribution in [3.63, 3.8) is 0 Å². The molecule has 55 heavy (non-hydrogen) atoms. The van der Waals surface area contributed by atoms with E-state index >= 15 is 0 Å². The third kappa shape index (κ3) is 9.96. The molecule has 4 N–H and O–H groups in total. The van der Waals surface area contributed by atoms with Gasteiger partial charge in [0.1, 0.15) is 18.2 Å². The number of amides is 3. The molecule has 1 aromatic heterocycles. The molecule has 0 unspecified atom stereocenters. The first-order chi connectivity index (χ1) is 26.1. The molecule has 0 aliphatic rings. The van der Waals surface area contributed by atoms with Crippen molar-refractivity contribution in [2.45, 2.75) is 31.9 Å². The van der Waals surface area contributed by atoms with E-state index in [9.17, 15) is 18.0 Å². The van der Waals surface area contributed by atoms with Gasteiger partial charge in [0.2, 0.25) is 16.0 Å². The lowest BCUT2D eigenvalue weighted by Crippen LogP contribution is -2.31. The number of hydrogen-bond acceptors (Lipinski definition) is 10. The van der Waals surface area contributed by atoms with Crippen LogP contribution in [0.3, 0.4) is 0 Å². The molecule has 5 aromatic rings. The first kappa shape index (κ1) is 39.8. The van der Waals surface area contributed by atoms with Gasteiger partial charge in [0, 0.05) is 56.2 Å². The Labute approximate surface area is 320 Å². The number of ether oxygens (including phenoxy) is 2. The topological polar surface area (TPSA) is 172 Å². The molecule has 15 heteroatoms. The smallest absolute Gasteiger partial charge is 0.421 e. The van der Waals surface area contributed by atoms with E-state index in [1.165, 1.54) is 18.3 Å². The van der Waals surface area contributed by atoms with Gasteiger partial charge in [-0.15, -0.1) is 0 Å². The molecule has 0 aliphatic heterocycles. The predicted molar refractivity (Wildman–Crippen MR) is 214 cm³/mol. The number of hydrogen-bond donors (Lipinski definition) is 3. The molecular weight excluding hydrogens is 721 g/mol. The standard InChI is InChI=1S/C40H44N8O6S/c1-26-8-15-33(23-36(26)55(41,51)52)48(38-42-21-20-37(45-38)47(6)32-16-19-35(27(2)22-32)28(3)46(4)5)40(50)54-25-30-9-13-31(14-10-30)44-39(49)43-24-29-11-17-34(53-7)18-12-29/h8-23H,2,24-25H2,1,3-7H3,(H2,41,51,52)(H2,43,44,49)/b35-28-. The van der Waals surface area contributed by atoms with Crippen LogP contribution in [0.5, 0.6) is 5.75 Å². The largest absolute Gasteiger partial charge is 0.497 e.